The van der Waals surface area contributed by atoms with Gasteiger partial charge >= 0.3 is 0 Å². The van der Waals surface area contributed by atoms with Crippen LogP contribution in [-0.4, -0.2) is 49.9 Å². The summed E-state index contributed by atoms with van der Waals surface area (Å²) >= 11 is 6.06. The highest BCUT2D eigenvalue weighted by Crippen LogP contribution is 2.33. The third-order valence-electron chi connectivity index (χ3n) is 7.48. The van der Waals surface area contributed by atoms with Crippen LogP contribution in [0.3, 0.4) is 0 Å². The van der Waals surface area contributed by atoms with E-state index in [-0.39, 0.29) is 17.5 Å². The number of rotatable bonds is 10. The van der Waals surface area contributed by atoms with Crippen molar-refractivity contribution in [1.29, 1.82) is 0 Å². The highest BCUT2D eigenvalue weighted by molar-refractivity contribution is 7.89. The maximum Gasteiger partial charge on any atom is 0.243 e. The maximum atomic E-state index is 14.0. The second kappa shape index (κ2) is 12.0. The van der Waals surface area contributed by atoms with E-state index in [1.165, 1.54) is 43.5 Å². The van der Waals surface area contributed by atoms with E-state index in [0.717, 1.165) is 24.3 Å². The Morgan fingerprint density at radius 1 is 0.865 bits per heavy atom. The Bertz CT molecular complexity index is 1270. The molecule has 0 atom stereocenters. The molecule has 5 nitrogen and oxygen atoms in total. The Morgan fingerprint density at radius 2 is 1.51 bits per heavy atom. The predicted molar refractivity (Wildman–Crippen MR) is 149 cm³/mol. The lowest BCUT2D eigenvalue weighted by atomic mass is 10.1. The summed E-state index contributed by atoms with van der Waals surface area (Å²) < 4.78 is 35.8. The SMILES string of the molecule is O=S(=O)(c1ccc(Cl)cc1)N(Cc1ccccc1OCCCN1CCCCC1)C1Cc2ccccc2C1. The molecule has 0 bridgehead atoms. The van der Waals surface area contributed by atoms with Crippen molar-refractivity contribution in [2.45, 2.75) is 56.0 Å². The molecule has 0 aromatic heterocycles. The molecule has 37 heavy (non-hydrogen) atoms. The van der Waals surface area contributed by atoms with E-state index in [0.29, 0.717) is 24.5 Å². The standard InChI is InChI=1S/C30H35ClN2O3S/c31-27-13-15-29(16-14-27)37(34,35)33(28-21-24-9-2-3-10-25(24)22-28)23-26-11-4-5-12-30(26)36-20-8-19-32-17-6-1-7-18-32/h2-5,9-16,28H,1,6-8,17-23H2. The number of sulfonamides is 1. The number of piperidine rings is 1. The number of nitrogens with zero attached hydrogens (tertiary/aromatic N) is 2. The van der Waals surface area contributed by atoms with E-state index in [9.17, 15) is 8.42 Å². The number of hydrogen-bond donors (Lipinski definition) is 0. The average molecular weight is 539 g/mol. The van der Waals surface area contributed by atoms with Gasteiger partial charge in [0.1, 0.15) is 5.75 Å². The van der Waals surface area contributed by atoms with Gasteiger partial charge in [-0.2, -0.15) is 4.31 Å². The van der Waals surface area contributed by atoms with Gasteiger partial charge in [0.25, 0.3) is 0 Å². The van der Waals surface area contributed by atoms with Crippen LogP contribution >= 0.6 is 11.6 Å². The first-order chi connectivity index (χ1) is 18.0. The van der Waals surface area contributed by atoms with E-state index < -0.39 is 10.0 Å². The third-order valence-corrected chi connectivity index (χ3v) is 9.65. The van der Waals surface area contributed by atoms with Gasteiger partial charge in [-0.1, -0.05) is 60.5 Å². The summed E-state index contributed by atoms with van der Waals surface area (Å²) in [4.78, 5) is 2.77. The number of halogens is 1. The lowest BCUT2D eigenvalue weighted by Crippen LogP contribution is -2.40. The molecule has 0 N–H and O–H groups in total. The van der Waals surface area contributed by atoms with Crippen molar-refractivity contribution in [2.75, 3.05) is 26.2 Å². The van der Waals surface area contributed by atoms with Crippen molar-refractivity contribution in [3.8, 4) is 5.75 Å². The highest BCUT2D eigenvalue weighted by Gasteiger charge is 2.36. The number of hydrogen-bond acceptors (Lipinski definition) is 4. The summed E-state index contributed by atoms with van der Waals surface area (Å²) in [7, 11) is -3.76. The van der Waals surface area contributed by atoms with Gasteiger partial charge in [-0.25, -0.2) is 8.42 Å². The Hall–Kier alpha value is -2.38. The summed E-state index contributed by atoms with van der Waals surface area (Å²) in [6.07, 6.45) is 6.25. The number of para-hydroxylation sites is 1. The van der Waals surface area contributed by atoms with Gasteiger partial charge in [0.05, 0.1) is 11.5 Å². The molecular weight excluding hydrogens is 504 g/mol. The second-order valence-electron chi connectivity index (χ2n) is 10.0. The summed E-state index contributed by atoms with van der Waals surface area (Å²) in [5.41, 5.74) is 3.31. The zero-order valence-corrected chi connectivity index (χ0v) is 22.8. The topological polar surface area (TPSA) is 49.9 Å². The molecule has 196 valence electrons. The molecule has 2 aliphatic rings. The van der Waals surface area contributed by atoms with Gasteiger partial charge in [0, 0.05) is 29.7 Å². The largest absolute Gasteiger partial charge is 0.493 e. The van der Waals surface area contributed by atoms with E-state index >= 15 is 0 Å². The normalized spacial score (nSPS) is 16.7. The van der Waals surface area contributed by atoms with Gasteiger partial charge in [-0.05, 0) is 86.7 Å². The molecule has 1 saturated heterocycles. The summed E-state index contributed by atoms with van der Waals surface area (Å²) in [5.74, 6) is 0.757. The van der Waals surface area contributed by atoms with Crippen LogP contribution in [0.4, 0.5) is 0 Å². The first-order valence-electron chi connectivity index (χ1n) is 13.3. The fourth-order valence-electron chi connectivity index (χ4n) is 5.49. The van der Waals surface area contributed by atoms with Gasteiger partial charge < -0.3 is 9.64 Å². The van der Waals surface area contributed by atoms with Gasteiger partial charge in [-0.15, -0.1) is 0 Å². The van der Waals surface area contributed by atoms with Crippen molar-refractivity contribution in [3.63, 3.8) is 0 Å². The van der Waals surface area contributed by atoms with Crippen LogP contribution in [0, 0.1) is 0 Å². The van der Waals surface area contributed by atoms with Crippen LogP contribution in [0.5, 0.6) is 5.75 Å². The van der Waals surface area contributed by atoms with Crippen molar-refractivity contribution in [2.24, 2.45) is 0 Å². The molecule has 1 aliphatic heterocycles. The molecular formula is C30H35ClN2O3S. The fraction of sp³-hybridized carbons (Fsp3) is 0.400. The Balaban J connectivity index is 1.35. The minimum absolute atomic E-state index is 0.162. The Morgan fingerprint density at radius 3 is 2.22 bits per heavy atom. The summed E-state index contributed by atoms with van der Waals surface area (Å²) in [6, 6.07) is 22.4. The second-order valence-corrected chi connectivity index (χ2v) is 12.4. The first-order valence-corrected chi connectivity index (χ1v) is 15.1. The molecule has 0 radical (unpaired) electrons. The lowest BCUT2D eigenvalue weighted by Gasteiger charge is -2.29. The Kier molecular flexibility index (Phi) is 8.50. The van der Waals surface area contributed by atoms with E-state index in [1.54, 1.807) is 28.6 Å². The predicted octanol–water partition coefficient (Wildman–Crippen LogP) is 5.95. The molecule has 1 heterocycles. The van der Waals surface area contributed by atoms with Crippen molar-refractivity contribution < 1.29 is 13.2 Å². The van der Waals surface area contributed by atoms with Crippen LogP contribution in [0.1, 0.15) is 42.4 Å². The maximum absolute atomic E-state index is 14.0. The highest BCUT2D eigenvalue weighted by atomic mass is 35.5. The zero-order chi connectivity index (χ0) is 25.7. The molecule has 1 aliphatic carbocycles. The van der Waals surface area contributed by atoms with Crippen molar-refractivity contribution in [1.82, 2.24) is 9.21 Å². The number of benzene rings is 3. The van der Waals surface area contributed by atoms with Gasteiger partial charge in [0.2, 0.25) is 10.0 Å². The molecule has 3 aromatic carbocycles. The quantitative estimate of drug-likeness (QED) is 0.299. The summed E-state index contributed by atoms with van der Waals surface area (Å²) in [5, 5.41) is 0.516. The number of fused-ring (bicyclic) bond motifs is 1. The molecule has 0 unspecified atom stereocenters. The van der Waals surface area contributed by atoms with E-state index in [4.69, 9.17) is 16.3 Å². The smallest absolute Gasteiger partial charge is 0.243 e. The monoisotopic (exact) mass is 538 g/mol. The van der Waals surface area contributed by atoms with Crippen LogP contribution in [0.25, 0.3) is 0 Å². The first kappa shape index (κ1) is 26.2. The molecule has 0 spiro atoms. The Labute approximate surface area is 226 Å². The van der Waals surface area contributed by atoms with E-state index in [1.807, 2.05) is 36.4 Å². The summed E-state index contributed by atoms with van der Waals surface area (Å²) in [6.45, 7) is 4.27. The van der Waals surface area contributed by atoms with E-state index in [2.05, 4.69) is 17.0 Å². The molecule has 0 amide bonds. The van der Waals surface area contributed by atoms with Crippen LogP contribution in [-0.2, 0) is 29.4 Å². The van der Waals surface area contributed by atoms with Crippen LogP contribution < -0.4 is 4.74 Å². The minimum atomic E-state index is -3.76. The minimum Gasteiger partial charge on any atom is -0.493 e. The fourth-order valence-corrected chi connectivity index (χ4v) is 7.22. The molecule has 1 fully saturated rings. The number of likely N-dealkylation sites (tertiary alicyclic amines) is 1. The van der Waals surface area contributed by atoms with Gasteiger partial charge in [-0.3, -0.25) is 0 Å². The molecule has 5 rings (SSSR count). The average Bonchev–Trinajstić information content (AvgIpc) is 3.35. The van der Waals surface area contributed by atoms with Crippen molar-refractivity contribution in [3.05, 3.63) is 94.5 Å². The molecule has 7 heteroatoms. The van der Waals surface area contributed by atoms with Gasteiger partial charge in [0.15, 0.2) is 0 Å². The molecule has 0 saturated carbocycles. The number of ether oxygens (including phenoxy) is 1. The van der Waals surface area contributed by atoms with Crippen LogP contribution in [0.15, 0.2) is 77.7 Å². The zero-order valence-electron chi connectivity index (χ0n) is 21.2. The lowest BCUT2D eigenvalue weighted by molar-refractivity contribution is 0.204. The molecule has 3 aromatic rings. The van der Waals surface area contributed by atoms with Crippen LogP contribution in [0.2, 0.25) is 5.02 Å². The van der Waals surface area contributed by atoms with Crippen molar-refractivity contribution >= 4 is 21.6 Å². The third kappa shape index (κ3) is 6.37.